The number of halogens is 1. The molecule has 2 N–H and O–H groups in total. The Labute approximate surface area is 167 Å². The molecule has 0 atom stereocenters. The predicted octanol–water partition coefficient (Wildman–Crippen LogP) is 4.04. The van der Waals surface area contributed by atoms with E-state index in [1.165, 1.54) is 13.2 Å². The molecule has 0 heterocycles. The van der Waals surface area contributed by atoms with Crippen LogP contribution in [-0.2, 0) is 4.74 Å². The van der Waals surface area contributed by atoms with E-state index in [1.54, 1.807) is 36.4 Å². The zero-order valence-electron chi connectivity index (χ0n) is 14.9. The molecule has 6 nitrogen and oxygen atoms in total. The number of benzene rings is 2. The molecule has 0 aliphatic heterocycles. The van der Waals surface area contributed by atoms with Gasteiger partial charge >= 0.3 is 5.97 Å². The summed E-state index contributed by atoms with van der Waals surface area (Å²) in [5.41, 5.74) is 1.41. The third-order valence-electron chi connectivity index (χ3n) is 3.46. The van der Waals surface area contributed by atoms with Gasteiger partial charge in [0.05, 0.1) is 24.3 Å². The lowest BCUT2D eigenvalue weighted by molar-refractivity contribution is 0.0505. The van der Waals surface area contributed by atoms with Gasteiger partial charge in [-0.15, -0.1) is 0 Å². The number of carbonyl (C=O) groups excluding carboxylic acids is 2. The normalized spacial score (nSPS) is 10.0. The quantitative estimate of drug-likeness (QED) is 0.557. The van der Waals surface area contributed by atoms with Crippen LogP contribution in [0.25, 0.3) is 0 Å². The summed E-state index contributed by atoms with van der Waals surface area (Å²) < 4.78 is 10.1. The van der Waals surface area contributed by atoms with E-state index >= 15 is 0 Å². The number of rotatable bonds is 6. The molecule has 0 unspecified atom stereocenters. The predicted molar refractivity (Wildman–Crippen MR) is 109 cm³/mol. The fourth-order valence-electron chi connectivity index (χ4n) is 2.11. The second kappa shape index (κ2) is 9.89. The van der Waals surface area contributed by atoms with Crippen LogP contribution in [-0.4, -0.2) is 30.7 Å². The van der Waals surface area contributed by atoms with Crippen LogP contribution in [0.4, 0.5) is 5.69 Å². The average molecular weight is 407 g/mol. The van der Waals surface area contributed by atoms with Gasteiger partial charge in [0, 0.05) is 11.3 Å². The van der Waals surface area contributed by atoms with Gasteiger partial charge in [0.1, 0.15) is 5.75 Å². The van der Waals surface area contributed by atoms with Gasteiger partial charge in [-0.1, -0.05) is 18.5 Å². The van der Waals surface area contributed by atoms with E-state index in [2.05, 4.69) is 10.6 Å². The molecule has 2 aromatic rings. The molecule has 0 saturated heterocycles. The highest BCUT2D eigenvalue weighted by Gasteiger charge is 2.11. The molecule has 2 rings (SSSR count). The third-order valence-corrected chi connectivity index (χ3v) is 3.96. The number of amides is 1. The highest BCUT2D eigenvalue weighted by molar-refractivity contribution is 7.80. The number of esters is 1. The molecule has 2 aromatic carbocycles. The first kappa shape index (κ1) is 20.7. The van der Waals surface area contributed by atoms with Crippen LogP contribution in [0, 0.1) is 0 Å². The van der Waals surface area contributed by atoms with E-state index in [1.807, 2.05) is 6.92 Å². The Morgan fingerprint density at radius 2 is 1.78 bits per heavy atom. The molecule has 0 aliphatic carbocycles. The second-order valence-corrected chi connectivity index (χ2v) is 6.29. The SMILES string of the molecule is CCCOC(=O)c1ccc(NC(=S)NC(=O)c2ccc(OC)c(Cl)c2)cc1. The van der Waals surface area contributed by atoms with Crippen molar-refractivity contribution in [1.29, 1.82) is 0 Å². The molecule has 0 radical (unpaired) electrons. The van der Waals surface area contributed by atoms with E-state index in [0.29, 0.717) is 34.2 Å². The van der Waals surface area contributed by atoms with Crippen molar-refractivity contribution in [2.24, 2.45) is 0 Å². The first-order valence-electron chi connectivity index (χ1n) is 8.17. The minimum absolute atomic E-state index is 0.119. The zero-order valence-corrected chi connectivity index (χ0v) is 16.4. The summed E-state index contributed by atoms with van der Waals surface area (Å²) in [6, 6.07) is 11.3. The van der Waals surface area contributed by atoms with Gasteiger partial charge in [-0.05, 0) is 61.1 Å². The maximum atomic E-state index is 12.2. The highest BCUT2D eigenvalue weighted by atomic mass is 35.5. The van der Waals surface area contributed by atoms with E-state index in [0.717, 1.165) is 6.42 Å². The number of carbonyl (C=O) groups is 2. The van der Waals surface area contributed by atoms with Crippen molar-refractivity contribution in [3.63, 3.8) is 0 Å². The molecule has 0 bridgehead atoms. The molecule has 1 amide bonds. The van der Waals surface area contributed by atoms with Gasteiger partial charge in [0.15, 0.2) is 5.11 Å². The Kier molecular flexibility index (Phi) is 7.57. The second-order valence-electron chi connectivity index (χ2n) is 5.47. The molecule has 0 spiro atoms. The Balaban J connectivity index is 1.94. The van der Waals surface area contributed by atoms with Crippen LogP contribution in [0.15, 0.2) is 42.5 Å². The van der Waals surface area contributed by atoms with Gasteiger partial charge in [0.25, 0.3) is 5.91 Å². The summed E-state index contributed by atoms with van der Waals surface area (Å²) in [7, 11) is 1.49. The van der Waals surface area contributed by atoms with Crippen LogP contribution in [0.2, 0.25) is 5.02 Å². The number of nitrogens with one attached hydrogen (secondary N) is 2. The Bertz CT molecular complexity index is 840. The van der Waals surface area contributed by atoms with Crippen molar-refractivity contribution in [2.45, 2.75) is 13.3 Å². The van der Waals surface area contributed by atoms with Gasteiger partial charge in [-0.3, -0.25) is 10.1 Å². The molecule has 27 heavy (non-hydrogen) atoms. The first-order valence-corrected chi connectivity index (χ1v) is 8.96. The zero-order chi connectivity index (χ0) is 19.8. The van der Waals surface area contributed by atoms with Crippen LogP contribution in [0.5, 0.6) is 5.75 Å². The Hall–Kier alpha value is -2.64. The van der Waals surface area contributed by atoms with E-state index < -0.39 is 5.91 Å². The van der Waals surface area contributed by atoms with Crippen LogP contribution >= 0.6 is 23.8 Å². The summed E-state index contributed by atoms with van der Waals surface area (Å²) in [5.74, 6) is -0.307. The number of ether oxygens (including phenoxy) is 2. The molecular weight excluding hydrogens is 388 g/mol. The highest BCUT2D eigenvalue weighted by Crippen LogP contribution is 2.24. The van der Waals surface area contributed by atoms with E-state index in [-0.39, 0.29) is 11.1 Å². The van der Waals surface area contributed by atoms with Crippen LogP contribution in [0.1, 0.15) is 34.1 Å². The first-order chi connectivity index (χ1) is 12.9. The molecule has 142 valence electrons. The summed E-state index contributed by atoms with van der Waals surface area (Å²) in [5, 5.41) is 5.89. The lowest BCUT2D eigenvalue weighted by atomic mass is 10.2. The van der Waals surface area contributed by atoms with E-state index in [4.69, 9.17) is 33.3 Å². The topological polar surface area (TPSA) is 76.7 Å². The number of thiocarbonyl (C=S) groups is 1. The maximum absolute atomic E-state index is 12.2. The summed E-state index contributed by atoms with van der Waals surface area (Å²) in [6.45, 7) is 2.31. The minimum atomic E-state index is -0.406. The average Bonchev–Trinajstić information content (AvgIpc) is 2.66. The molecule has 0 fully saturated rings. The molecule has 0 aliphatic rings. The standard InChI is InChI=1S/C19H19ClN2O4S/c1-3-10-26-18(24)12-4-7-14(8-5-12)21-19(27)22-17(23)13-6-9-16(25-2)15(20)11-13/h4-9,11H,3,10H2,1-2H3,(H2,21,22,23,27). The van der Waals surface area contributed by atoms with E-state index in [9.17, 15) is 9.59 Å². The lowest BCUT2D eigenvalue weighted by Gasteiger charge is -2.11. The fourth-order valence-corrected chi connectivity index (χ4v) is 2.58. The molecule has 0 saturated carbocycles. The maximum Gasteiger partial charge on any atom is 0.338 e. The Morgan fingerprint density at radius 1 is 1.11 bits per heavy atom. The lowest BCUT2D eigenvalue weighted by Crippen LogP contribution is -2.34. The van der Waals surface area contributed by atoms with Crippen LogP contribution in [0.3, 0.4) is 0 Å². The number of hydrogen-bond acceptors (Lipinski definition) is 5. The summed E-state index contributed by atoms with van der Waals surface area (Å²) in [6.07, 6.45) is 0.763. The smallest absolute Gasteiger partial charge is 0.338 e. The summed E-state index contributed by atoms with van der Waals surface area (Å²) >= 11 is 11.2. The largest absolute Gasteiger partial charge is 0.495 e. The van der Waals surface area contributed by atoms with Crippen LogP contribution < -0.4 is 15.4 Å². The van der Waals surface area contributed by atoms with Crippen molar-refractivity contribution in [1.82, 2.24) is 5.32 Å². The van der Waals surface area contributed by atoms with Gasteiger partial charge in [-0.2, -0.15) is 0 Å². The number of anilines is 1. The van der Waals surface area contributed by atoms with Crippen molar-refractivity contribution >= 4 is 46.5 Å². The molecular formula is C19H19ClN2O4S. The van der Waals surface area contributed by atoms with Crippen molar-refractivity contribution in [3.05, 3.63) is 58.6 Å². The summed E-state index contributed by atoms with van der Waals surface area (Å²) in [4.78, 5) is 24.0. The molecule has 0 aromatic heterocycles. The van der Waals surface area contributed by atoms with Gasteiger partial charge in [-0.25, -0.2) is 4.79 Å². The Morgan fingerprint density at radius 3 is 2.37 bits per heavy atom. The monoisotopic (exact) mass is 406 g/mol. The van der Waals surface area contributed by atoms with Crippen molar-refractivity contribution < 1.29 is 19.1 Å². The van der Waals surface area contributed by atoms with Crippen molar-refractivity contribution in [3.8, 4) is 5.75 Å². The van der Waals surface area contributed by atoms with Gasteiger partial charge < -0.3 is 14.8 Å². The minimum Gasteiger partial charge on any atom is -0.495 e. The third kappa shape index (κ3) is 5.94. The fraction of sp³-hybridized carbons (Fsp3) is 0.211. The molecule has 8 heteroatoms. The number of hydrogen-bond donors (Lipinski definition) is 2. The number of methoxy groups -OCH3 is 1. The van der Waals surface area contributed by atoms with Crippen molar-refractivity contribution in [2.75, 3.05) is 19.0 Å². The van der Waals surface area contributed by atoms with Gasteiger partial charge in [0.2, 0.25) is 0 Å².